The second-order valence-electron chi connectivity index (χ2n) is 3.69. The molecule has 0 saturated heterocycles. The summed E-state index contributed by atoms with van der Waals surface area (Å²) in [4.78, 5) is 0. The van der Waals surface area contributed by atoms with E-state index < -0.39 is 0 Å². The van der Waals surface area contributed by atoms with Crippen molar-refractivity contribution >= 4 is 0 Å². The molecule has 0 saturated carbocycles. The zero-order chi connectivity index (χ0) is 11.0. The van der Waals surface area contributed by atoms with Crippen LogP contribution in [0.4, 0.5) is 0 Å². The fraction of sp³-hybridized carbons (Fsp3) is 0.286. The monoisotopic (exact) mass is 188 g/mol. The van der Waals surface area contributed by atoms with Gasteiger partial charge in [-0.2, -0.15) is 0 Å². The van der Waals surface area contributed by atoms with Crippen LogP contribution < -0.4 is 0 Å². The average molecular weight is 188 g/mol. The molecular weight excluding hydrogens is 168 g/mol. The topological polar surface area (TPSA) is 0 Å². The van der Waals surface area contributed by atoms with Gasteiger partial charge in [-0.15, -0.1) is 13.2 Å². The summed E-state index contributed by atoms with van der Waals surface area (Å²) < 4.78 is 0. The normalized spacial score (nSPS) is 8.50. The van der Waals surface area contributed by atoms with Crippen LogP contribution in [0.15, 0.2) is 49.1 Å². The van der Waals surface area contributed by atoms with Gasteiger partial charge >= 0.3 is 0 Å². The highest BCUT2D eigenvalue weighted by Crippen LogP contribution is 2.03. The van der Waals surface area contributed by atoms with Crippen LogP contribution in [-0.4, -0.2) is 0 Å². The second-order valence-corrected chi connectivity index (χ2v) is 3.69. The van der Waals surface area contributed by atoms with Crippen LogP contribution >= 0.6 is 0 Å². The summed E-state index contributed by atoms with van der Waals surface area (Å²) in [7, 11) is 0. The standard InChI is InChI=1S/C10H12.C4H8/c1-3-4-10-7-5-9(2)6-8-10;1-4(2)3/h3,5-8H,1,4H2,2H3;1H2,2-3H3. The first kappa shape index (κ1) is 12.7. The number of hydrogen-bond donors (Lipinski definition) is 0. The summed E-state index contributed by atoms with van der Waals surface area (Å²) in [5.41, 5.74) is 3.81. The number of rotatable bonds is 2. The highest BCUT2D eigenvalue weighted by Gasteiger charge is 1.86. The number of allylic oxidation sites excluding steroid dienone is 2. The van der Waals surface area contributed by atoms with Crippen LogP contribution in [-0.2, 0) is 6.42 Å². The van der Waals surface area contributed by atoms with Gasteiger partial charge in [0, 0.05) is 0 Å². The minimum absolute atomic E-state index is 0.972. The van der Waals surface area contributed by atoms with Crippen molar-refractivity contribution in [3.05, 3.63) is 60.2 Å². The quantitative estimate of drug-likeness (QED) is 0.607. The van der Waals surface area contributed by atoms with E-state index in [0.717, 1.165) is 6.42 Å². The Labute approximate surface area is 88.0 Å². The molecule has 0 aliphatic carbocycles. The Hall–Kier alpha value is -1.30. The molecule has 0 unspecified atom stereocenters. The van der Waals surface area contributed by atoms with E-state index in [1.165, 1.54) is 16.7 Å². The molecule has 0 aromatic heterocycles. The first-order valence-electron chi connectivity index (χ1n) is 4.84. The second kappa shape index (κ2) is 7.14. The van der Waals surface area contributed by atoms with Gasteiger partial charge in [0.15, 0.2) is 0 Å². The Morgan fingerprint density at radius 2 is 1.64 bits per heavy atom. The Morgan fingerprint density at radius 1 is 1.21 bits per heavy atom. The molecule has 0 radical (unpaired) electrons. The SMILES string of the molecule is C=C(C)C.C=CCc1ccc(C)cc1. The highest BCUT2D eigenvalue weighted by molar-refractivity contribution is 5.22. The van der Waals surface area contributed by atoms with Gasteiger partial charge in [0.25, 0.3) is 0 Å². The molecule has 0 atom stereocenters. The lowest BCUT2D eigenvalue weighted by atomic mass is 10.1. The molecule has 14 heavy (non-hydrogen) atoms. The van der Waals surface area contributed by atoms with Gasteiger partial charge < -0.3 is 0 Å². The summed E-state index contributed by atoms with van der Waals surface area (Å²) in [6, 6.07) is 8.52. The van der Waals surface area contributed by atoms with Crippen LogP contribution in [0, 0.1) is 6.92 Å². The average Bonchev–Trinajstić information content (AvgIpc) is 2.08. The largest absolute Gasteiger partial charge is 0.103 e. The maximum Gasteiger partial charge on any atom is -0.0100 e. The molecule has 0 bridgehead atoms. The molecule has 1 rings (SSSR count). The predicted octanol–water partition coefficient (Wildman–Crippen LogP) is 4.31. The van der Waals surface area contributed by atoms with E-state index in [1.807, 2.05) is 19.9 Å². The summed E-state index contributed by atoms with van der Waals surface area (Å²) in [6.07, 6.45) is 2.89. The van der Waals surface area contributed by atoms with E-state index in [0.29, 0.717) is 0 Å². The van der Waals surface area contributed by atoms with Gasteiger partial charge in [-0.1, -0.05) is 41.5 Å². The van der Waals surface area contributed by atoms with Crippen molar-refractivity contribution in [2.45, 2.75) is 27.2 Å². The molecule has 0 aliphatic rings. The Kier molecular flexibility index (Phi) is 6.47. The van der Waals surface area contributed by atoms with E-state index in [9.17, 15) is 0 Å². The first-order chi connectivity index (χ1) is 6.56. The van der Waals surface area contributed by atoms with Gasteiger partial charge in [-0.25, -0.2) is 0 Å². The molecule has 0 aliphatic heterocycles. The van der Waals surface area contributed by atoms with Crippen LogP contribution in [0.5, 0.6) is 0 Å². The lowest BCUT2D eigenvalue weighted by Gasteiger charge is -1.95. The van der Waals surface area contributed by atoms with Crippen molar-refractivity contribution in [3.8, 4) is 0 Å². The lowest BCUT2D eigenvalue weighted by Crippen LogP contribution is -1.79. The minimum atomic E-state index is 0.972. The van der Waals surface area contributed by atoms with Gasteiger partial charge in [-0.3, -0.25) is 0 Å². The molecule has 76 valence electrons. The summed E-state index contributed by atoms with van der Waals surface area (Å²) in [6.45, 7) is 13.3. The maximum atomic E-state index is 3.68. The molecule has 0 spiro atoms. The molecule has 0 heteroatoms. The van der Waals surface area contributed by atoms with Crippen LogP contribution in [0.2, 0.25) is 0 Å². The number of benzene rings is 1. The van der Waals surface area contributed by atoms with Crippen molar-refractivity contribution < 1.29 is 0 Å². The molecule has 1 aromatic carbocycles. The van der Waals surface area contributed by atoms with Gasteiger partial charge in [0.05, 0.1) is 0 Å². The first-order valence-corrected chi connectivity index (χ1v) is 4.84. The zero-order valence-corrected chi connectivity index (χ0v) is 9.51. The van der Waals surface area contributed by atoms with E-state index in [2.05, 4.69) is 44.3 Å². The molecule has 0 fully saturated rings. The van der Waals surface area contributed by atoms with Crippen LogP contribution in [0.3, 0.4) is 0 Å². The molecule has 0 nitrogen and oxygen atoms in total. The van der Waals surface area contributed by atoms with E-state index >= 15 is 0 Å². The van der Waals surface area contributed by atoms with E-state index in [1.54, 1.807) is 0 Å². The zero-order valence-electron chi connectivity index (χ0n) is 9.51. The minimum Gasteiger partial charge on any atom is -0.103 e. The molecule has 1 aromatic rings. The predicted molar refractivity (Wildman–Crippen MR) is 65.6 cm³/mol. The fourth-order valence-electron chi connectivity index (χ4n) is 0.891. The van der Waals surface area contributed by atoms with Crippen molar-refractivity contribution in [1.82, 2.24) is 0 Å². The third-order valence-corrected chi connectivity index (χ3v) is 1.50. The lowest BCUT2D eigenvalue weighted by molar-refractivity contribution is 1.26. The van der Waals surface area contributed by atoms with E-state index in [-0.39, 0.29) is 0 Å². The number of hydrogen-bond acceptors (Lipinski definition) is 0. The van der Waals surface area contributed by atoms with Crippen molar-refractivity contribution in [3.63, 3.8) is 0 Å². The van der Waals surface area contributed by atoms with Gasteiger partial charge in [0.1, 0.15) is 0 Å². The Balaban J connectivity index is 0.000000364. The van der Waals surface area contributed by atoms with Crippen LogP contribution in [0.25, 0.3) is 0 Å². The Bertz CT molecular complexity index is 273. The van der Waals surface area contributed by atoms with Crippen molar-refractivity contribution in [2.24, 2.45) is 0 Å². The highest BCUT2D eigenvalue weighted by atomic mass is 13.9. The fourth-order valence-corrected chi connectivity index (χ4v) is 0.891. The maximum absolute atomic E-state index is 3.68. The third-order valence-electron chi connectivity index (χ3n) is 1.50. The summed E-state index contributed by atoms with van der Waals surface area (Å²) in [5.74, 6) is 0. The van der Waals surface area contributed by atoms with Crippen molar-refractivity contribution in [2.75, 3.05) is 0 Å². The molecular formula is C14H20. The summed E-state index contributed by atoms with van der Waals surface area (Å²) in [5, 5.41) is 0. The smallest absolute Gasteiger partial charge is 0.0100 e. The Morgan fingerprint density at radius 3 is 2.00 bits per heavy atom. The van der Waals surface area contributed by atoms with Gasteiger partial charge in [-0.05, 0) is 32.8 Å². The van der Waals surface area contributed by atoms with Crippen molar-refractivity contribution in [1.29, 1.82) is 0 Å². The molecule has 0 N–H and O–H groups in total. The third kappa shape index (κ3) is 7.35. The summed E-state index contributed by atoms with van der Waals surface area (Å²) >= 11 is 0. The van der Waals surface area contributed by atoms with Gasteiger partial charge in [0.2, 0.25) is 0 Å². The molecule has 0 heterocycles. The number of aryl methyl sites for hydroxylation is 1. The van der Waals surface area contributed by atoms with Crippen LogP contribution in [0.1, 0.15) is 25.0 Å². The molecule has 0 amide bonds. The van der Waals surface area contributed by atoms with E-state index in [4.69, 9.17) is 0 Å².